The monoisotopic (exact) mass is 390 g/mol. The summed E-state index contributed by atoms with van der Waals surface area (Å²) in [6, 6.07) is 21.0. The third-order valence-corrected chi connectivity index (χ3v) is 4.62. The van der Waals surface area contributed by atoms with Crippen LogP contribution < -0.4 is 10.6 Å². The molecule has 140 valence electrons. The van der Waals surface area contributed by atoms with Gasteiger partial charge in [0.1, 0.15) is 5.65 Å². The number of nitrogens with one attached hydrogen (secondary N) is 2. The molecule has 0 saturated carbocycles. The molecule has 0 radical (unpaired) electrons. The van der Waals surface area contributed by atoms with Gasteiger partial charge < -0.3 is 15.0 Å². The Hall–Kier alpha value is -3.31. The number of hydrogen-bond donors (Lipinski definition) is 2. The van der Waals surface area contributed by atoms with Crippen molar-refractivity contribution in [2.45, 2.75) is 13.1 Å². The second-order valence-electron chi connectivity index (χ2n) is 6.41. The Balaban J connectivity index is 1.45. The molecule has 1 amide bonds. The van der Waals surface area contributed by atoms with Crippen molar-refractivity contribution in [1.82, 2.24) is 14.7 Å². The number of para-hydroxylation sites is 1. The summed E-state index contributed by atoms with van der Waals surface area (Å²) in [7, 11) is 0. The Morgan fingerprint density at radius 2 is 1.71 bits per heavy atom. The first-order valence-corrected chi connectivity index (χ1v) is 9.35. The normalized spacial score (nSPS) is 10.8. The van der Waals surface area contributed by atoms with Gasteiger partial charge in [-0.2, -0.15) is 0 Å². The third-order valence-electron chi connectivity index (χ3n) is 4.39. The molecule has 0 atom stereocenters. The van der Waals surface area contributed by atoms with E-state index < -0.39 is 0 Å². The average Bonchev–Trinajstić information content (AvgIpc) is 3.13. The zero-order valence-electron chi connectivity index (χ0n) is 15.1. The highest BCUT2D eigenvalue weighted by Crippen LogP contribution is 2.17. The first-order valence-electron chi connectivity index (χ1n) is 8.97. The Morgan fingerprint density at radius 1 is 0.929 bits per heavy atom. The van der Waals surface area contributed by atoms with E-state index in [1.807, 2.05) is 83.5 Å². The maximum absolute atomic E-state index is 12.6. The summed E-state index contributed by atoms with van der Waals surface area (Å²) in [6.45, 7) is 0.990. The molecule has 0 fully saturated rings. The van der Waals surface area contributed by atoms with E-state index in [1.165, 1.54) is 0 Å². The molecular formula is C22H19ClN4O. The molecule has 0 aliphatic carbocycles. The lowest BCUT2D eigenvalue weighted by Crippen LogP contribution is -2.23. The van der Waals surface area contributed by atoms with Crippen LogP contribution >= 0.6 is 11.6 Å². The highest BCUT2D eigenvalue weighted by molar-refractivity contribution is 6.30. The Bertz CT molecular complexity index is 1110. The van der Waals surface area contributed by atoms with Gasteiger partial charge in [0.25, 0.3) is 5.91 Å². The zero-order chi connectivity index (χ0) is 19.3. The minimum Gasteiger partial charge on any atom is -0.379 e. The zero-order valence-corrected chi connectivity index (χ0v) is 15.9. The average molecular weight is 391 g/mol. The summed E-state index contributed by atoms with van der Waals surface area (Å²) < 4.78 is 1.89. The SMILES string of the molecule is O=C(NCc1ccccc1)c1ccccc1NCc1cn2cc(Cl)ccc2n1. The molecule has 5 nitrogen and oxygen atoms in total. The van der Waals surface area contributed by atoms with Gasteiger partial charge >= 0.3 is 0 Å². The Kier molecular flexibility index (Phi) is 5.26. The number of hydrogen-bond acceptors (Lipinski definition) is 3. The van der Waals surface area contributed by atoms with Crippen LogP contribution in [-0.4, -0.2) is 15.3 Å². The number of carbonyl (C=O) groups is 1. The van der Waals surface area contributed by atoms with Gasteiger partial charge in [-0.15, -0.1) is 0 Å². The molecule has 2 N–H and O–H groups in total. The largest absolute Gasteiger partial charge is 0.379 e. The maximum atomic E-state index is 12.6. The molecule has 0 spiro atoms. The molecular weight excluding hydrogens is 372 g/mol. The summed E-state index contributed by atoms with van der Waals surface area (Å²) in [6.07, 6.45) is 3.74. The van der Waals surface area contributed by atoms with Gasteiger partial charge in [-0.25, -0.2) is 4.98 Å². The summed E-state index contributed by atoms with van der Waals surface area (Å²) in [5.74, 6) is -0.117. The molecule has 4 aromatic rings. The molecule has 0 aliphatic rings. The molecule has 4 rings (SSSR count). The first-order chi connectivity index (χ1) is 13.7. The highest BCUT2D eigenvalue weighted by Gasteiger charge is 2.11. The number of imidazole rings is 1. The molecule has 0 unspecified atom stereocenters. The summed E-state index contributed by atoms with van der Waals surface area (Å²) in [5, 5.41) is 6.94. The minimum absolute atomic E-state index is 0.117. The number of rotatable bonds is 6. The fourth-order valence-corrected chi connectivity index (χ4v) is 3.16. The van der Waals surface area contributed by atoms with E-state index in [-0.39, 0.29) is 5.91 Å². The Labute approximate surface area is 168 Å². The lowest BCUT2D eigenvalue weighted by atomic mass is 10.1. The molecule has 0 aliphatic heterocycles. The van der Waals surface area contributed by atoms with E-state index in [9.17, 15) is 4.79 Å². The van der Waals surface area contributed by atoms with Gasteiger partial charge in [-0.05, 0) is 29.8 Å². The summed E-state index contributed by atoms with van der Waals surface area (Å²) in [4.78, 5) is 17.2. The number of anilines is 1. The number of aromatic nitrogens is 2. The predicted molar refractivity (Wildman–Crippen MR) is 112 cm³/mol. The van der Waals surface area contributed by atoms with Crippen molar-refractivity contribution >= 4 is 28.8 Å². The molecule has 28 heavy (non-hydrogen) atoms. The van der Waals surface area contributed by atoms with E-state index in [2.05, 4.69) is 15.6 Å². The highest BCUT2D eigenvalue weighted by atomic mass is 35.5. The molecule has 2 heterocycles. The number of carbonyl (C=O) groups excluding carboxylic acids is 1. The number of benzene rings is 2. The lowest BCUT2D eigenvalue weighted by Gasteiger charge is -2.11. The number of fused-ring (bicyclic) bond motifs is 1. The van der Waals surface area contributed by atoms with Crippen molar-refractivity contribution in [1.29, 1.82) is 0 Å². The maximum Gasteiger partial charge on any atom is 0.253 e. The van der Waals surface area contributed by atoms with Crippen LogP contribution in [0.25, 0.3) is 5.65 Å². The topological polar surface area (TPSA) is 58.4 Å². The number of amides is 1. The number of halogens is 1. The van der Waals surface area contributed by atoms with E-state index in [0.29, 0.717) is 23.7 Å². The third kappa shape index (κ3) is 4.15. The van der Waals surface area contributed by atoms with Gasteiger partial charge in [-0.3, -0.25) is 4.79 Å². The van der Waals surface area contributed by atoms with E-state index in [0.717, 1.165) is 22.6 Å². The lowest BCUT2D eigenvalue weighted by molar-refractivity contribution is 0.0951. The van der Waals surface area contributed by atoms with Crippen LogP contribution in [-0.2, 0) is 13.1 Å². The van der Waals surface area contributed by atoms with Gasteiger partial charge in [0, 0.05) is 24.6 Å². The standard InChI is InChI=1S/C22H19ClN4O/c23-17-10-11-21-26-18(15-27(21)14-17)13-24-20-9-5-4-8-19(20)22(28)25-12-16-6-2-1-3-7-16/h1-11,14-15,24H,12-13H2,(H,25,28). The fourth-order valence-electron chi connectivity index (χ4n) is 3.00. The van der Waals surface area contributed by atoms with Gasteiger partial charge in [0.05, 0.1) is 22.8 Å². The number of pyridine rings is 1. The van der Waals surface area contributed by atoms with Gasteiger partial charge in [-0.1, -0.05) is 54.1 Å². The van der Waals surface area contributed by atoms with E-state index >= 15 is 0 Å². The van der Waals surface area contributed by atoms with Crippen LogP contribution in [0.1, 0.15) is 21.6 Å². The van der Waals surface area contributed by atoms with Crippen LogP contribution in [0.4, 0.5) is 5.69 Å². The van der Waals surface area contributed by atoms with Crippen LogP contribution in [0.5, 0.6) is 0 Å². The quantitative estimate of drug-likeness (QED) is 0.508. The van der Waals surface area contributed by atoms with E-state index in [1.54, 1.807) is 0 Å². The van der Waals surface area contributed by atoms with E-state index in [4.69, 9.17) is 11.6 Å². The van der Waals surface area contributed by atoms with Crippen molar-refractivity contribution in [3.8, 4) is 0 Å². The smallest absolute Gasteiger partial charge is 0.253 e. The predicted octanol–water partition coefficient (Wildman–Crippen LogP) is 4.53. The molecule has 2 aromatic carbocycles. The second kappa shape index (κ2) is 8.15. The van der Waals surface area contributed by atoms with Crippen LogP contribution in [0.2, 0.25) is 5.02 Å². The van der Waals surface area contributed by atoms with Crippen molar-refractivity contribution in [3.63, 3.8) is 0 Å². The Morgan fingerprint density at radius 3 is 2.57 bits per heavy atom. The van der Waals surface area contributed by atoms with Crippen LogP contribution in [0.15, 0.2) is 79.1 Å². The molecule has 6 heteroatoms. The minimum atomic E-state index is -0.117. The fraction of sp³-hybridized carbons (Fsp3) is 0.0909. The molecule has 0 bridgehead atoms. The summed E-state index contributed by atoms with van der Waals surface area (Å²) in [5.41, 5.74) is 4.12. The van der Waals surface area contributed by atoms with Crippen LogP contribution in [0.3, 0.4) is 0 Å². The molecule has 2 aromatic heterocycles. The van der Waals surface area contributed by atoms with Crippen LogP contribution in [0, 0.1) is 0 Å². The van der Waals surface area contributed by atoms with Crippen molar-refractivity contribution in [2.75, 3.05) is 5.32 Å². The first kappa shape index (κ1) is 18.1. The van der Waals surface area contributed by atoms with Crippen molar-refractivity contribution in [3.05, 3.63) is 101 Å². The molecule has 0 saturated heterocycles. The number of nitrogens with zero attached hydrogens (tertiary/aromatic N) is 2. The second-order valence-corrected chi connectivity index (χ2v) is 6.85. The van der Waals surface area contributed by atoms with Gasteiger partial charge in [0.15, 0.2) is 0 Å². The summed E-state index contributed by atoms with van der Waals surface area (Å²) >= 11 is 6.02. The van der Waals surface area contributed by atoms with Crippen molar-refractivity contribution in [2.24, 2.45) is 0 Å². The van der Waals surface area contributed by atoms with Gasteiger partial charge in [0.2, 0.25) is 0 Å². The van der Waals surface area contributed by atoms with Crippen molar-refractivity contribution < 1.29 is 4.79 Å².